The number of hydrogen-bond donors (Lipinski definition) is 2. The van der Waals surface area contributed by atoms with E-state index in [0.717, 1.165) is 4.57 Å². The van der Waals surface area contributed by atoms with E-state index in [-0.39, 0.29) is 18.2 Å². The molecular weight excluding hydrogens is 366 g/mol. The number of para-hydroxylation sites is 3. The number of rotatable bonds is 4. The van der Waals surface area contributed by atoms with Crippen molar-refractivity contribution in [3.63, 3.8) is 0 Å². The van der Waals surface area contributed by atoms with E-state index in [2.05, 4.69) is 15.6 Å². The first-order valence-corrected chi connectivity index (χ1v) is 8.90. The Kier molecular flexibility index (Phi) is 4.54. The molecule has 1 aliphatic heterocycles. The zero-order chi connectivity index (χ0) is 19.8. The van der Waals surface area contributed by atoms with Gasteiger partial charge in [-0.2, -0.15) is 8.78 Å². The summed E-state index contributed by atoms with van der Waals surface area (Å²) in [6, 6.07) is 12.9. The van der Waals surface area contributed by atoms with Crippen LogP contribution in [0.4, 0.5) is 14.5 Å². The number of nitrogens with zero attached hydrogens (tertiary/aromatic N) is 2. The van der Waals surface area contributed by atoms with E-state index in [0.29, 0.717) is 22.3 Å². The normalized spacial score (nSPS) is 17.3. The van der Waals surface area contributed by atoms with Gasteiger partial charge in [0.15, 0.2) is 0 Å². The van der Waals surface area contributed by atoms with E-state index < -0.39 is 24.4 Å². The number of amides is 2. The number of benzene rings is 2. The lowest BCUT2D eigenvalue weighted by molar-refractivity contribution is -0.126. The maximum Gasteiger partial charge on any atom is 0.320 e. The number of anilines is 1. The summed E-state index contributed by atoms with van der Waals surface area (Å²) in [5.41, 5.74) is 2.03. The SMILES string of the molecule is CC(NC(=O)C1CC(=O)Nc2ccccc21)c1nc2ccccc2n1C(F)F. The fraction of sp³-hybridized carbons (Fsp3) is 0.250. The van der Waals surface area contributed by atoms with E-state index >= 15 is 0 Å². The number of alkyl halides is 2. The second kappa shape index (κ2) is 7.03. The van der Waals surface area contributed by atoms with Crippen molar-refractivity contribution in [2.45, 2.75) is 31.9 Å². The van der Waals surface area contributed by atoms with Crippen LogP contribution in [0.15, 0.2) is 48.5 Å². The first-order chi connectivity index (χ1) is 13.5. The molecule has 2 amide bonds. The second-order valence-corrected chi connectivity index (χ2v) is 6.73. The van der Waals surface area contributed by atoms with Gasteiger partial charge < -0.3 is 10.6 Å². The first-order valence-electron chi connectivity index (χ1n) is 8.90. The Bertz CT molecular complexity index is 1060. The van der Waals surface area contributed by atoms with Crippen LogP contribution in [0.2, 0.25) is 0 Å². The topological polar surface area (TPSA) is 76.0 Å². The van der Waals surface area contributed by atoms with Crippen LogP contribution in [0, 0.1) is 0 Å². The Labute approximate surface area is 159 Å². The number of halogens is 2. The Balaban J connectivity index is 1.64. The summed E-state index contributed by atoms with van der Waals surface area (Å²) in [6.07, 6.45) is 0.000823. The average Bonchev–Trinajstić information content (AvgIpc) is 3.07. The average molecular weight is 384 g/mol. The molecule has 28 heavy (non-hydrogen) atoms. The van der Waals surface area contributed by atoms with Gasteiger partial charge in [-0.15, -0.1) is 0 Å². The van der Waals surface area contributed by atoms with Crippen LogP contribution in [-0.2, 0) is 9.59 Å². The van der Waals surface area contributed by atoms with Crippen molar-refractivity contribution in [2.24, 2.45) is 0 Å². The fourth-order valence-corrected chi connectivity index (χ4v) is 3.60. The highest BCUT2D eigenvalue weighted by Crippen LogP contribution is 2.33. The third-order valence-electron chi connectivity index (χ3n) is 4.88. The number of aromatic nitrogens is 2. The largest absolute Gasteiger partial charge is 0.346 e. The molecule has 2 heterocycles. The molecule has 0 saturated carbocycles. The van der Waals surface area contributed by atoms with Crippen molar-refractivity contribution in [3.8, 4) is 0 Å². The number of carbonyl (C=O) groups is 2. The molecule has 6 nitrogen and oxygen atoms in total. The summed E-state index contributed by atoms with van der Waals surface area (Å²) in [4.78, 5) is 29.1. The lowest BCUT2D eigenvalue weighted by Gasteiger charge is -2.26. The van der Waals surface area contributed by atoms with Crippen molar-refractivity contribution < 1.29 is 18.4 Å². The summed E-state index contributed by atoms with van der Waals surface area (Å²) in [6.45, 7) is -1.18. The number of hydrogen-bond acceptors (Lipinski definition) is 3. The highest BCUT2D eigenvalue weighted by molar-refractivity contribution is 6.01. The minimum Gasteiger partial charge on any atom is -0.346 e. The van der Waals surface area contributed by atoms with Crippen molar-refractivity contribution >= 4 is 28.5 Å². The smallest absolute Gasteiger partial charge is 0.320 e. The number of carbonyl (C=O) groups excluding carboxylic acids is 2. The van der Waals surface area contributed by atoms with Crippen LogP contribution < -0.4 is 10.6 Å². The molecule has 0 bridgehead atoms. The van der Waals surface area contributed by atoms with Gasteiger partial charge in [0, 0.05) is 12.1 Å². The van der Waals surface area contributed by atoms with Crippen LogP contribution in [0.5, 0.6) is 0 Å². The highest BCUT2D eigenvalue weighted by Gasteiger charge is 2.32. The van der Waals surface area contributed by atoms with E-state index in [1.54, 1.807) is 55.5 Å². The lowest BCUT2D eigenvalue weighted by atomic mass is 9.89. The predicted octanol–water partition coefficient (Wildman–Crippen LogP) is 3.73. The Hall–Kier alpha value is -3.29. The van der Waals surface area contributed by atoms with Gasteiger partial charge in [0.1, 0.15) is 5.82 Å². The first kappa shape index (κ1) is 18.1. The molecule has 0 fully saturated rings. The van der Waals surface area contributed by atoms with Gasteiger partial charge in [-0.25, -0.2) is 4.98 Å². The zero-order valence-electron chi connectivity index (χ0n) is 15.0. The standard InChI is InChI=1S/C20H18F2N4O2/c1-11(18-25-15-8-4-5-9-16(15)26(18)20(21)22)23-19(28)13-10-17(27)24-14-7-3-2-6-12(13)14/h2-9,11,13,20H,10H2,1H3,(H,23,28)(H,24,27). The molecule has 2 atom stereocenters. The molecule has 4 rings (SSSR count). The summed E-state index contributed by atoms with van der Waals surface area (Å²) < 4.78 is 28.1. The maximum absolute atomic E-state index is 13.6. The maximum atomic E-state index is 13.6. The quantitative estimate of drug-likeness (QED) is 0.720. The van der Waals surface area contributed by atoms with Crippen LogP contribution in [0.25, 0.3) is 11.0 Å². The molecule has 0 radical (unpaired) electrons. The molecule has 2 N–H and O–H groups in total. The summed E-state index contributed by atoms with van der Waals surface area (Å²) in [5.74, 6) is -1.27. The van der Waals surface area contributed by atoms with Crippen molar-refractivity contribution in [3.05, 3.63) is 59.9 Å². The molecule has 0 saturated heterocycles. The molecule has 8 heteroatoms. The molecule has 1 aromatic heterocycles. The van der Waals surface area contributed by atoms with E-state index in [4.69, 9.17) is 0 Å². The van der Waals surface area contributed by atoms with Crippen LogP contribution in [0.3, 0.4) is 0 Å². The number of fused-ring (bicyclic) bond motifs is 2. The van der Waals surface area contributed by atoms with Gasteiger partial charge in [-0.1, -0.05) is 30.3 Å². The fourth-order valence-electron chi connectivity index (χ4n) is 3.60. The summed E-state index contributed by atoms with van der Waals surface area (Å²) >= 11 is 0. The molecule has 1 aliphatic rings. The van der Waals surface area contributed by atoms with Crippen LogP contribution >= 0.6 is 0 Å². The third-order valence-corrected chi connectivity index (χ3v) is 4.88. The second-order valence-electron chi connectivity index (χ2n) is 6.73. The minimum absolute atomic E-state index is 0.000823. The van der Waals surface area contributed by atoms with Gasteiger partial charge in [0.2, 0.25) is 11.8 Å². The molecule has 2 unspecified atom stereocenters. The van der Waals surface area contributed by atoms with Crippen molar-refractivity contribution in [1.29, 1.82) is 0 Å². The Morgan fingerprint density at radius 1 is 1.21 bits per heavy atom. The summed E-state index contributed by atoms with van der Waals surface area (Å²) in [5, 5.41) is 5.48. The summed E-state index contributed by atoms with van der Waals surface area (Å²) in [7, 11) is 0. The van der Waals surface area contributed by atoms with Crippen molar-refractivity contribution in [2.75, 3.05) is 5.32 Å². The van der Waals surface area contributed by atoms with Gasteiger partial charge in [-0.3, -0.25) is 14.2 Å². The third kappa shape index (κ3) is 3.11. The predicted molar refractivity (Wildman–Crippen MR) is 100.0 cm³/mol. The molecule has 0 aliphatic carbocycles. The number of imidazole rings is 1. The van der Waals surface area contributed by atoms with E-state index in [1.807, 2.05) is 0 Å². The Morgan fingerprint density at radius 2 is 1.93 bits per heavy atom. The number of nitrogens with one attached hydrogen (secondary N) is 2. The molecule has 2 aromatic carbocycles. The van der Waals surface area contributed by atoms with Gasteiger partial charge in [-0.05, 0) is 30.7 Å². The molecular formula is C20H18F2N4O2. The van der Waals surface area contributed by atoms with Gasteiger partial charge >= 0.3 is 6.55 Å². The van der Waals surface area contributed by atoms with E-state index in [9.17, 15) is 18.4 Å². The van der Waals surface area contributed by atoms with Crippen molar-refractivity contribution in [1.82, 2.24) is 14.9 Å². The van der Waals surface area contributed by atoms with E-state index in [1.165, 1.54) is 0 Å². The molecule has 3 aromatic rings. The highest BCUT2D eigenvalue weighted by atomic mass is 19.3. The van der Waals surface area contributed by atoms with Gasteiger partial charge in [0.25, 0.3) is 0 Å². The van der Waals surface area contributed by atoms with Crippen LogP contribution in [-0.4, -0.2) is 21.4 Å². The minimum atomic E-state index is -2.79. The molecule has 144 valence electrons. The Morgan fingerprint density at radius 3 is 2.71 bits per heavy atom. The van der Waals surface area contributed by atoms with Gasteiger partial charge in [0.05, 0.1) is 23.0 Å². The molecule has 0 spiro atoms. The zero-order valence-corrected chi connectivity index (χ0v) is 15.0. The van der Waals surface area contributed by atoms with Crippen LogP contribution in [0.1, 0.15) is 43.2 Å². The lowest BCUT2D eigenvalue weighted by Crippen LogP contribution is -2.37. The monoisotopic (exact) mass is 384 g/mol.